The number of aldehydes is 1. The van der Waals surface area contributed by atoms with Crippen molar-refractivity contribution in [3.05, 3.63) is 53.4 Å². The Labute approximate surface area is 193 Å². The quantitative estimate of drug-likeness (QED) is 0.256. The van der Waals surface area contributed by atoms with E-state index in [0.29, 0.717) is 30.2 Å². The van der Waals surface area contributed by atoms with E-state index in [-0.39, 0.29) is 5.91 Å². The third-order valence-corrected chi connectivity index (χ3v) is 5.44. The van der Waals surface area contributed by atoms with Crippen LogP contribution in [-0.2, 0) is 16.1 Å². The van der Waals surface area contributed by atoms with Crippen LogP contribution in [0.15, 0.2) is 41.0 Å². The number of aryl methyl sites for hydroxylation is 1. The summed E-state index contributed by atoms with van der Waals surface area (Å²) in [4.78, 5) is 30.0. The number of benzene rings is 1. The molecule has 0 unspecified atom stereocenters. The van der Waals surface area contributed by atoms with Crippen LogP contribution in [-0.4, -0.2) is 42.7 Å². The summed E-state index contributed by atoms with van der Waals surface area (Å²) in [5.41, 5.74) is 9.19. The maximum atomic E-state index is 12.8. The topological polar surface area (TPSA) is 113 Å². The number of furan rings is 1. The summed E-state index contributed by atoms with van der Waals surface area (Å²) in [5.74, 6) is 1.26. The Morgan fingerprint density at radius 2 is 2.09 bits per heavy atom. The van der Waals surface area contributed by atoms with Gasteiger partial charge in [-0.05, 0) is 30.7 Å². The smallest absolute Gasteiger partial charge is 0.246 e. The molecule has 0 aliphatic rings. The lowest BCUT2D eigenvalue weighted by atomic mass is 9.96. The summed E-state index contributed by atoms with van der Waals surface area (Å²) >= 11 is 0. The third kappa shape index (κ3) is 5.52. The van der Waals surface area contributed by atoms with Gasteiger partial charge >= 0.3 is 0 Å². The summed E-state index contributed by atoms with van der Waals surface area (Å²) in [6, 6.07) is 7.51. The number of nitrogens with one attached hydrogen (secondary N) is 2. The summed E-state index contributed by atoms with van der Waals surface area (Å²) in [5, 5.41) is 7.20. The number of likely N-dealkylation sites (N-methyl/N-ethyl adjacent to an activating group) is 1. The molecule has 2 heterocycles. The fraction of sp³-hybridized carbons (Fsp3) is 0.320. The van der Waals surface area contributed by atoms with E-state index in [1.54, 1.807) is 37.3 Å². The van der Waals surface area contributed by atoms with Gasteiger partial charge in [-0.25, -0.2) is 4.98 Å². The van der Waals surface area contributed by atoms with E-state index in [2.05, 4.69) is 15.6 Å². The average molecular weight is 450 g/mol. The van der Waals surface area contributed by atoms with Gasteiger partial charge in [0.1, 0.15) is 17.9 Å². The molecule has 1 amide bonds. The zero-order valence-corrected chi connectivity index (χ0v) is 19.7. The van der Waals surface area contributed by atoms with Crippen molar-refractivity contribution in [3.63, 3.8) is 0 Å². The van der Waals surface area contributed by atoms with Gasteiger partial charge in [-0.3, -0.25) is 4.79 Å². The first-order valence-electron chi connectivity index (χ1n) is 10.7. The van der Waals surface area contributed by atoms with Crippen LogP contribution in [0.1, 0.15) is 30.7 Å². The van der Waals surface area contributed by atoms with E-state index in [0.717, 1.165) is 34.2 Å². The van der Waals surface area contributed by atoms with Gasteiger partial charge in [0.2, 0.25) is 5.91 Å². The number of carbonyl (C=O) groups is 2. The number of para-hydroxylation sites is 1. The molecule has 0 aliphatic carbocycles. The second kappa shape index (κ2) is 9.77. The van der Waals surface area contributed by atoms with Crippen LogP contribution in [0.25, 0.3) is 17.0 Å². The number of anilines is 3. The number of amides is 1. The number of rotatable bonds is 9. The van der Waals surface area contributed by atoms with Gasteiger partial charge in [-0.1, -0.05) is 26.0 Å². The molecule has 8 heteroatoms. The second-order valence-corrected chi connectivity index (χ2v) is 8.76. The largest absolute Gasteiger partial charge is 0.459 e. The van der Waals surface area contributed by atoms with Crippen LogP contribution in [0.5, 0.6) is 0 Å². The number of carbonyl (C=O) groups excluding carboxylic acids is 2. The van der Waals surface area contributed by atoms with E-state index >= 15 is 0 Å². The van der Waals surface area contributed by atoms with Gasteiger partial charge in [0.05, 0.1) is 11.4 Å². The summed E-state index contributed by atoms with van der Waals surface area (Å²) in [7, 11) is 3.52. The molecule has 0 aliphatic heterocycles. The third-order valence-electron chi connectivity index (χ3n) is 5.44. The SMILES string of the molecule is CNc1ncc(/C=C/C(=O)N(C)Cc2c(C)oc3c(N)cccc23)cc1NCC(C)(C)C=O. The molecule has 0 saturated carbocycles. The van der Waals surface area contributed by atoms with E-state index < -0.39 is 5.41 Å². The summed E-state index contributed by atoms with van der Waals surface area (Å²) < 4.78 is 5.81. The van der Waals surface area contributed by atoms with E-state index in [1.807, 2.05) is 39.0 Å². The Bertz CT molecular complexity index is 1200. The van der Waals surface area contributed by atoms with Gasteiger partial charge in [0, 0.05) is 55.8 Å². The van der Waals surface area contributed by atoms with E-state index in [1.165, 1.54) is 6.08 Å². The molecule has 0 fully saturated rings. The van der Waals surface area contributed by atoms with Gasteiger partial charge in [0.15, 0.2) is 5.58 Å². The number of pyridine rings is 1. The number of nitrogen functional groups attached to an aromatic ring is 1. The molecule has 3 rings (SSSR count). The molecular weight excluding hydrogens is 418 g/mol. The standard InChI is InChI=1S/C25H31N5O3/c1-16-19(18-7-6-8-20(26)23(18)33-16)13-30(5)22(32)10-9-17-11-21(24(27-4)28-12-17)29-14-25(2,3)15-31/h6-12,15,29H,13-14,26H2,1-5H3,(H,27,28)/b10-9+. The first-order chi connectivity index (χ1) is 15.6. The van der Waals surface area contributed by atoms with Gasteiger partial charge in [-0.2, -0.15) is 0 Å². The zero-order valence-electron chi connectivity index (χ0n) is 19.7. The molecule has 2 aromatic heterocycles. The second-order valence-electron chi connectivity index (χ2n) is 8.76. The fourth-order valence-electron chi connectivity index (χ4n) is 3.39. The van der Waals surface area contributed by atoms with Crippen LogP contribution in [0.4, 0.5) is 17.2 Å². The van der Waals surface area contributed by atoms with Gasteiger partial charge < -0.3 is 30.5 Å². The predicted octanol–water partition coefficient (Wildman–Crippen LogP) is 4.07. The van der Waals surface area contributed by atoms with Crippen molar-refractivity contribution in [1.82, 2.24) is 9.88 Å². The van der Waals surface area contributed by atoms with Gasteiger partial charge in [-0.15, -0.1) is 0 Å². The minimum atomic E-state index is -0.504. The fourth-order valence-corrected chi connectivity index (χ4v) is 3.39. The maximum Gasteiger partial charge on any atom is 0.246 e. The lowest BCUT2D eigenvalue weighted by Gasteiger charge is -2.19. The molecule has 0 bridgehead atoms. The van der Waals surface area contributed by atoms with Crippen molar-refractivity contribution in [1.29, 1.82) is 0 Å². The molecule has 8 nitrogen and oxygen atoms in total. The molecule has 0 saturated heterocycles. The van der Waals surface area contributed by atoms with Crippen molar-refractivity contribution < 1.29 is 14.0 Å². The highest BCUT2D eigenvalue weighted by Crippen LogP contribution is 2.30. The van der Waals surface area contributed by atoms with Crippen molar-refractivity contribution in [2.75, 3.05) is 37.0 Å². The number of hydrogen-bond donors (Lipinski definition) is 3. The minimum Gasteiger partial charge on any atom is -0.459 e. The summed E-state index contributed by atoms with van der Waals surface area (Å²) in [6.45, 7) is 6.45. The molecule has 0 atom stereocenters. The van der Waals surface area contributed by atoms with Gasteiger partial charge in [0.25, 0.3) is 0 Å². The Hall–Kier alpha value is -3.81. The lowest BCUT2D eigenvalue weighted by Crippen LogP contribution is -2.25. The van der Waals surface area contributed by atoms with Crippen molar-refractivity contribution in [3.8, 4) is 0 Å². The maximum absolute atomic E-state index is 12.8. The first-order valence-corrected chi connectivity index (χ1v) is 10.7. The Balaban J connectivity index is 1.73. The van der Waals surface area contributed by atoms with Crippen molar-refractivity contribution in [2.24, 2.45) is 5.41 Å². The molecular formula is C25H31N5O3. The zero-order chi connectivity index (χ0) is 24.2. The van der Waals surface area contributed by atoms with Crippen LogP contribution < -0.4 is 16.4 Å². The summed E-state index contributed by atoms with van der Waals surface area (Å²) in [6.07, 6.45) is 5.84. The molecule has 4 N–H and O–H groups in total. The first kappa shape index (κ1) is 23.8. The number of aromatic nitrogens is 1. The molecule has 3 aromatic rings. The Kier molecular flexibility index (Phi) is 7.06. The predicted molar refractivity (Wildman–Crippen MR) is 133 cm³/mol. The lowest BCUT2D eigenvalue weighted by molar-refractivity contribution is -0.125. The highest BCUT2D eigenvalue weighted by molar-refractivity contribution is 5.94. The molecule has 1 aromatic carbocycles. The van der Waals surface area contributed by atoms with Crippen LogP contribution in [0, 0.1) is 12.3 Å². The highest BCUT2D eigenvalue weighted by atomic mass is 16.3. The van der Waals surface area contributed by atoms with Crippen LogP contribution in [0.2, 0.25) is 0 Å². The number of hydrogen-bond acceptors (Lipinski definition) is 7. The normalized spacial score (nSPS) is 11.7. The molecule has 33 heavy (non-hydrogen) atoms. The number of nitrogens with zero attached hydrogens (tertiary/aromatic N) is 2. The van der Waals surface area contributed by atoms with Crippen LogP contribution in [0.3, 0.4) is 0 Å². The van der Waals surface area contributed by atoms with E-state index in [9.17, 15) is 9.59 Å². The van der Waals surface area contributed by atoms with Crippen molar-refractivity contribution >= 4 is 46.4 Å². The Morgan fingerprint density at radius 3 is 2.79 bits per heavy atom. The Morgan fingerprint density at radius 1 is 1.33 bits per heavy atom. The minimum absolute atomic E-state index is 0.151. The van der Waals surface area contributed by atoms with Crippen molar-refractivity contribution in [2.45, 2.75) is 27.3 Å². The monoisotopic (exact) mass is 449 g/mol. The number of nitrogens with two attached hydrogens (primary N) is 1. The van der Waals surface area contributed by atoms with E-state index in [4.69, 9.17) is 10.2 Å². The molecule has 0 radical (unpaired) electrons. The van der Waals surface area contributed by atoms with Crippen LogP contribution >= 0.6 is 0 Å². The highest BCUT2D eigenvalue weighted by Gasteiger charge is 2.18. The number of fused-ring (bicyclic) bond motifs is 1. The molecule has 0 spiro atoms. The molecule has 174 valence electrons. The average Bonchev–Trinajstić information content (AvgIpc) is 3.12.